The standard InChI is InChI=1S/C21H20FN3O3S/c1-15(16-3-7-18(22)8-4-16)25(2)21(26)17-5-9-20(10-6-17)29(27,28)24-19-11-13-23-14-12-19/h3-15H,1-2H3,(H,23,24). The van der Waals surface area contributed by atoms with E-state index in [0.717, 1.165) is 5.56 Å². The molecule has 150 valence electrons. The predicted octanol–water partition coefficient (Wildman–Crippen LogP) is 3.85. The van der Waals surface area contributed by atoms with Gasteiger partial charge in [0.2, 0.25) is 0 Å². The highest BCUT2D eigenvalue weighted by molar-refractivity contribution is 7.92. The molecule has 1 aromatic heterocycles. The van der Waals surface area contributed by atoms with Gasteiger partial charge < -0.3 is 4.90 Å². The van der Waals surface area contributed by atoms with Gasteiger partial charge in [0, 0.05) is 25.0 Å². The van der Waals surface area contributed by atoms with Crippen LogP contribution in [0.2, 0.25) is 0 Å². The first-order valence-corrected chi connectivity index (χ1v) is 10.3. The lowest BCUT2D eigenvalue weighted by molar-refractivity contribution is 0.0742. The Morgan fingerprint density at radius 3 is 2.17 bits per heavy atom. The molecule has 29 heavy (non-hydrogen) atoms. The summed E-state index contributed by atoms with van der Waals surface area (Å²) in [6.45, 7) is 1.84. The van der Waals surface area contributed by atoms with Crippen molar-refractivity contribution in [3.63, 3.8) is 0 Å². The largest absolute Gasteiger partial charge is 0.335 e. The van der Waals surface area contributed by atoms with Crippen molar-refractivity contribution in [3.8, 4) is 0 Å². The molecule has 0 radical (unpaired) electrons. The molecule has 6 nitrogen and oxygen atoms in total. The third kappa shape index (κ3) is 4.78. The smallest absolute Gasteiger partial charge is 0.261 e. The van der Waals surface area contributed by atoms with Crippen LogP contribution in [0, 0.1) is 5.82 Å². The molecule has 1 atom stereocenters. The molecule has 1 heterocycles. The third-order valence-corrected chi connectivity index (χ3v) is 6.00. The maximum Gasteiger partial charge on any atom is 0.261 e. The zero-order chi connectivity index (χ0) is 21.0. The summed E-state index contributed by atoms with van der Waals surface area (Å²) in [7, 11) is -2.13. The van der Waals surface area contributed by atoms with E-state index in [4.69, 9.17) is 0 Å². The molecule has 1 unspecified atom stereocenters. The van der Waals surface area contributed by atoms with Gasteiger partial charge in [0.15, 0.2) is 0 Å². The van der Waals surface area contributed by atoms with Gasteiger partial charge in [0.1, 0.15) is 5.82 Å². The first-order chi connectivity index (χ1) is 13.8. The maximum absolute atomic E-state index is 13.1. The van der Waals surface area contributed by atoms with E-state index in [9.17, 15) is 17.6 Å². The molecule has 0 saturated carbocycles. The number of carbonyl (C=O) groups excluding carboxylic acids is 1. The van der Waals surface area contributed by atoms with Crippen LogP contribution in [0.5, 0.6) is 0 Å². The van der Waals surface area contributed by atoms with Crippen LogP contribution in [0.15, 0.2) is 78.0 Å². The van der Waals surface area contributed by atoms with E-state index >= 15 is 0 Å². The number of carbonyl (C=O) groups is 1. The zero-order valence-corrected chi connectivity index (χ0v) is 16.7. The highest BCUT2D eigenvalue weighted by Crippen LogP contribution is 2.22. The Kier molecular flexibility index (Phi) is 5.93. The zero-order valence-electron chi connectivity index (χ0n) is 15.9. The molecule has 0 spiro atoms. The van der Waals surface area contributed by atoms with E-state index in [2.05, 4.69) is 9.71 Å². The number of aromatic nitrogens is 1. The van der Waals surface area contributed by atoms with Crippen LogP contribution in [0.4, 0.5) is 10.1 Å². The molecule has 0 saturated heterocycles. The Labute approximate surface area is 169 Å². The van der Waals surface area contributed by atoms with Crippen molar-refractivity contribution in [2.45, 2.75) is 17.9 Å². The average Bonchev–Trinajstić information content (AvgIpc) is 2.73. The monoisotopic (exact) mass is 413 g/mol. The molecular formula is C21H20FN3O3S. The fourth-order valence-electron chi connectivity index (χ4n) is 2.76. The van der Waals surface area contributed by atoms with Crippen molar-refractivity contribution in [1.29, 1.82) is 0 Å². The Morgan fingerprint density at radius 1 is 1.00 bits per heavy atom. The summed E-state index contributed by atoms with van der Waals surface area (Å²) < 4.78 is 40.5. The number of hydrogen-bond donors (Lipinski definition) is 1. The summed E-state index contributed by atoms with van der Waals surface area (Å²) in [6, 6.07) is 14.5. The number of anilines is 1. The first kappa shape index (κ1) is 20.5. The normalized spacial score (nSPS) is 12.2. The van der Waals surface area contributed by atoms with Crippen molar-refractivity contribution in [3.05, 3.63) is 90.0 Å². The van der Waals surface area contributed by atoms with Crippen LogP contribution in [-0.4, -0.2) is 31.3 Å². The number of nitrogens with one attached hydrogen (secondary N) is 1. The Balaban J connectivity index is 1.75. The maximum atomic E-state index is 13.1. The van der Waals surface area contributed by atoms with E-state index in [1.165, 1.54) is 53.7 Å². The first-order valence-electron chi connectivity index (χ1n) is 8.83. The summed E-state index contributed by atoms with van der Waals surface area (Å²) in [5.41, 5.74) is 1.54. The van der Waals surface area contributed by atoms with Gasteiger partial charge in [0.05, 0.1) is 16.6 Å². The molecule has 0 bridgehead atoms. The molecule has 1 amide bonds. The Morgan fingerprint density at radius 2 is 1.59 bits per heavy atom. The molecule has 3 rings (SSSR count). The lowest BCUT2D eigenvalue weighted by Gasteiger charge is -2.25. The highest BCUT2D eigenvalue weighted by Gasteiger charge is 2.20. The van der Waals surface area contributed by atoms with Crippen molar-refractivity contribution in [2.24, 2.45) is 0 Å². The second-order valence-electron chi connectivity index (χ2n) is 6.51. The number of benzene rings is 2. The molecule has 8 heteroatoms. The molecule has 0 aliphatic rings. The van der Waals surface area contributed by atoms with Gasteiger partial charge in [-0.1, -0.05) is 12.1 Å². The summed E-state index contributed by atoms with van der Waals surface area (Å²) in [6.07, 6.45) is 2.97. The van der Waals surface area contributed by atoms with Crippen molar-refractivity contribution < 1.29 is 17.6 Å². The van der Waals surface area contributed by atoms with Gasteiger partial charge in [-0.15, -0.1) is 0 Å². The van der Waals surface area contributed by atoms with Crippen LogP contribution in [0.25, 0.3) is 0 Å². The number of pyridine rings is 1. The van der Waals surface area contributed by atoms with Crippen LogP contribution in [-0.2, 0) is 10.0 Å². The molecule has 0 fully saturated rings. The minimum Gasteiger partial charge on any atom is -0.335 e. The quantitative estimate of drug-likeness (QED) is 0.666. The van der Waals surface area contributed by atoms with Gasteiger partial charge in [-0.05, 0) is 61.0 Å². The van der Waals surface area contributed by atoms with Gasteiger partial charge >= 0.3 is 0 Å². The van der Waals surface area contributed by atoms with E-state index in [1.807, 2.05) is 6.92 Å². The number of sulfonamides is 1. The fourth-order valence-corrected chi connectivity index (χ4v) is 3.81. The van der Waals surface area contributed by atoms with Gasteiger partial charge in [-0.25, -0.2) is 12.8 Å². The SMILES string of the molecule is CC(c1ccc(F)cc1)N(C)C(=O)c1ccc(S(=O)(=O)Nc2ccncc2)cc1. The highest BCUT2D eigenvalue weighted by atomic mass is 32.2. The lowest BCUT2D eigenvalue weighted by atomic mass is 10.1. The van der Waals surface area contributed by atoms with Crippen LogP contribution in [0.3, 0.4) is 0 Å². The number of nitrogens with zero attached hydrogens (tertiary/aromatic N) is 2. The topological polar surface area (TPSA) is 79.4 Å². The van der Waals surface area contributed by atoms with Gasteiger partial charge in [-0.2, -0.15) is 0 Å². The van der Waals surface area contributed by atoms with Crippen LogP contribution < -0.4 is 4.72 Å². The summed E-state index contributed by atoms with van der Waals surface area (Å²) >= 11 is 0. The number of amides is 1. The minimum absolute atomic E-state index is 0.0418. The molecule has 2 aromatic carbocycles. The van der Waals surface area contributed by atoms with Crippen molar-refractivity contribution in [2.75, 3.05) is 11.8 Å². The summed E-state index contributed by atoms with van der Waals surface area (Å²) in [5.74, 6) is -0.611. The Bertz CT molecular complexity index is 1090. The van der Waals surface area contributed by atoms with Gasteiger partial charge in [0.25, 0.3) is 15.9 Å². The molecule has 3 aromatic rings. The number of hydrogen-bond acceptors (Lipinski definition) is 4. The van der Waals surface area contributed by atoms with E-state index in [0.29, 0.717) is 11.3 Å². The average molecular weight is 413 g/mol. The number of rotatable bonds is 6. The molecule has 0 aliphatic heterocycles. The second-order valence-corrected chi connectivity index (χ2v) is 8.19. The summed E-state index contributed by atoms with van der Waals surface area (Å²) in [5, 5.41) is 0. The minimum atomic E-state index is -3.78. The van der Waals surface area contributed by atoms with E-state index < -0.39 is 10.0 Å². The molecule has 1 N–H and O–H groups in total. The third-order valence-electron chi connectivity index (χ3n) is 4.60. The number of halogens is 1. The second kappa shape index (κ2) is 8.40. The van der Waals surface area contributed by atoms with Gasteiger partial charge in [-0.3, -0.25) is 14.5 Å². The molecular weight excluding hydrogens is 393 g/mol. The predicted molar refractivity (Wildman–Crippen MR) is 108 cm³/mol. The van der Waals surface area contributed by atoms with E-state index in [1.54, 1.807) is 31.3 Å². The van der Waals surface area contributed by atoms with Crippen molar-refractivity contribution >= 4 is 21.6 Å². The fraction of sp³-hybridized carbons (Fsp3) is 0.143. The molecule has 0 aliphatic carbocycles. The van der Waals surface area contributed by atoms with Crippen molar-refractivity contribution in [1.82, 2.24) is 9.88 Å². The van der Waals surface area contributed by atoms with E-state index in [-0.39, 0.29) is 22.7 Å². The van der Waals surface area contributed by atoms with Crippen LogP contribution >= 0.6 is 0 Å². The van der Waals surface area contributed by atoms with Crippen LogP contribution in [0.1, 0.15) is 28.9 Å². The lowest BCUT2D eigenvalue weighted by Crippen LogP contribution is -2.29. The Hall–Kier alpha value is -3.26. The summed E-state index contributed by atoms with van der Waals surface area (Å²) in [4.78, 5) is 18.2.